The lowest BCUT2D eigenvalue weighted by atomic mass is 10.0. The second-order valence-electron chi connectivity index (χ2n) is 5.08. The van der Waals surface area contributed by atoms with Gasteiger partial charge in [0.25, 0.3) is 0 Å². The van der Waals surface area contributed by atoms with Gasteiger partial charge in [-0.25, -0.2) is 0 Å². The van der Waals surface area contributed by atoms with Crippen LogP contribution in [0.2, 0.25) is 0 Å². The zero-order valence-electron chi connectivity index (χ0n) is 11.3. The van der Waals surface area contributed by atoms with E-state index >= 15 is 0 Å². The average molecular weight is 287 g/mol. The van der Waals surface area contributed by atoms with Crippen molar-refractivity contribution in [2.45, 2.75) is 31.6 Å². The third kappa shape index (κ3) is 4.13. The number of nitrogens with one attached hydrogen (secondary N) is 1. The molecular weight excluding hydrogens is 268 g/mol. The molecule has 1 saturated heterocycles. The minimum atomic E-state index is -2.83. The van der Waals surface area contributed by atoms with Gasteiger partial charge in [-0.2, -0.15) is 8.78 Å². The quantitative estimate of drug-likeness (QED) is 0.841. The van der Waals surface area contributed by atoms with E-state index in [0.29, 0.717) is 26.2 Å². The molecule has 1 aromatic rings. The van der Waals surface area contributed by atoms with Crippen molar-refractivity contribution in [3.05, 3.63) is 29.8 Å². The van der Waals surface area contributed by atoms with Crippen LogP contribution in [0, 0.1) is 0 Å². The van der Waals surface area contributed by atoms with Crippen molar-refractivity contribution >= 4 is 0 Å². The van der Waals surface area contributed by atoms with Crippen molar-refractivity contribution in [3.8, 4) is 5.75 Å². The van der Waals surface area contributed by atoms with Gasteiger partial charge in [0.05, 0.1) is 6.61 Å². The van der Waals surface area contributed by atoms with Crippen LogP contribution in [0.4, 0.5) is 8.78 Å². The summed E-state index contributed by atoms with van der Waals surface area (Å²) in [6.07, 6.45) is 0.598. The Balaban J connectivity index is 1.93. The number of hydrogen-bond acceptors (Lipinski definition) is 4. The lowest BCUT2D eigenvalue weighted by Gasteiger charge is -2.24. The Hall–Kier alpha value is -1.24. The molecule has 20 heavy (non-hydrogen) atoms. The van der Waals surface area contributed by atoms with Crippen molar-refractivity contribution in [2.24, 2.45) is 0 Å². The largest absolute Gasteiger partial charge is 0.435 e. The molecule has 0 bridgehead atoms. The van der Waals surface area contributed by atoms with Crippen molar-refractivity contribution in [1.29, 1.82) is 0 Å². The monoisotopic (exact) mass is 287 g/mol. The van der Waals surface area contributed by atoms with E-state index in [1.54, 1.807) is 12.1 Å². The highest BCUT2D eigenvalue weighted by molar-refractivity contribution is 5.30. The van der Waals surface area contributed by atoms with E-state index in [2.05, 4.69) is 10.1 Å². The highest BCUT2D eigenvalue weighted by Crippen LogP contribution is 2.22. The molecule has 1 aliphatic heterocycles. The number of hydrogen-bond donors (Lipinski definition) is 2. The Bertz CT molecular complexity index is 436. The van der Waals surface area contributed by atoms with Crippen LogP contribution >= 0.6 is 0 Å². The highest BCUT2D eigenvalue weighted by Gasteiger charge is 2.32. The molecule has 6 heteroatoms. The SMILES string of the molecule is C[C@@H](NC[C@]1(O)CCOC1)c1cccc(OC(F)F)c1. The number of alkyl halides is 2. The third-order valence-corrected chi connectivity index (χ3v) is 3.40. The van der Waals surface area contributed by atoms with Gasteiger partial charge in [-0.05, 0) is 24.6 Å². The Morgan fingerprint density at radius 2 is 2.30 bits per heavy atom. The second kappa shape index (κ2) is 6.47. The van der Waals surface area contributed by atoms with Crippen molar-refractivity contribution < 1.29 is 23.4 Å². The number of rotatable bonds is 6. The Kier molecular flexibility index (Phi) is 4.91. The predicted octanol–water partition coefficient (Wildman–Crippen LogP) is 2.09. The van der Waals surface area contributed by atoms with E-state index in [4.69, 9.17) is 4.74 Å². The number of aliphatic hydroxyl groups is 1. The molecule has 0 radical (unpaired) electrons. The molecule has 4 nitrogen and oxygen atoms in total. The first-order chi connectivity index (χ1) is 9.48. The van der Waals surface area contributed by atoms with Crippen LogP contribution in [0.3, 0.4) is 0 Å². The van der Waals surface area contributed by atoms with Gasteiger partial charge < -0.3 is 19.9 Å². The van der Waals surface area contributed by atoms with Gasteiger partial charge in [-0.15, -0.1) is 0 Å². The van der Waals surface area contributed by atoms with E-state index in [1.807, 2.05) is 13.0 Å². The van der Waals surface area contributed by atoms with Crippen LogP contribution < -0.4 is 10.1 Å². The summed E-state index contributed by atoms with van der Waals surface area (Å²) in [5.74, 6) is 0.133. The standard InChI is InChI=1S/C14H19F2NO3/c1-10(17-8-14(18)5-6-19-9-14)11-3-2-4-12(7-11)20-13(15)16/h2-4,7,10,13,17-18H,5-6,8-9H2,1H3/t10-,14-/m1/s1. The van der Waals surface area contributed by atoms with Gasteiger partial charge in [0.15, 0.2) is 0 Å². The highest BCUT2D eigenvalue weighted by atomic mass is 19.3. The maximum absolute atomic E-state index is 12.2. The number of benzene rings is 1. The maximum atomic E-state index is 12.2. The minimum absolute atomic E-state index is 0.0825. The van der Waals surface area contributed by atoms with Gasteiger partial charge in [0.1, 0.15) is 11.4 Å². The number of halogens is 2. The van der Waals surface area contributed by atoms with Gasteiger partial charge in [0.2, 0.25) is 0 Å². The lowest BCUT2D eigenvalue weighted by molar-refractivity contribution is -0.0499. The normalized spacial score (nSPS) is 24.1. The van der Waals surface area contributed by atoms with Gasteiger partial charge in [0, 0.05) is 25.6 Å². The average Bonchev–Trinajstić information content (AvgIpc) is 2.83. The third-order valence-electron chi connectivity index (χ3n) is 3.40. The van der Waals surface area contributed by atoms with Gasteiger partial charge in [-0.1, -0.05) is 12.1 Å². The lowest BCUT2D eigenvalue weighted by Crippen LogP contribution is -2.41. The Labute approximate surface area is 116 Å². The zero-order valence-corrected chi connectivity index (χ0v) is 11.3. The van der Waals surface area contributed by atoms with Crippen LogP contribution in [0.15, 0.2) is 24.3 Å². The Morgan fingerprint density at radius 1 is 1.50 bits per heavy atom. The first-order valence-electron chi connectivity index (χ1n) is 6.57. The van der Waals surface area contributed by atoms with Crippen LogP contribution in [0.1, 0.15) is 24.9 Å². The van der Waals surface area contributed by atoms with Crippen LogP contribution in [0.25, 0.3) is 0 Å². The summed E-state index contributed by atoms with van der Waals surface area (Å²) in [7, 11) is 0. The maximum Gasteiger partial charge on any atom is 0.387 e. The second-order valence-corrected chi connectivity index (χ2v) is 5.08. The minimum Gasteiger partial charge on any atom is -0.435 e. The molecule has 0 aromatic heterocycles. The molecular formula is C14H19F2NO3. The van der Waals surface area contributed by atoms with E-state index in [1.165, 1.54) is 6.07 Å². The fourth-order valence-corrected chi connectivity index (χ4v) is 2.16. The van der Waals surface area contributed by atoms with Gasteiger partial charge >= 0.3 is 6.61 Å². The van der Waals surface area contributed by atoms with E-state index < -0.39 is 12.2 Å². The summed E-state index contributed by atoms with van der Waals surface area (Å²) in [5, 5.41) is 13.3. The molecule has 2 rings (SSSR count). The van der Waals surface area contributed by atoms with Crippen molar-refractivity contribution in [3.63, 3.8) is 0 Å². The van der Waals surface area contributed by atoms with Crippen molar-refractivity contribution in [1.82, 2.24) is 5.32 Å². The fourth-order valence-electron chi connectivity index (χ4n) is 2.16. The molecule has 1 heterocycles. The molecule has 0 aliphatic carbocycles. The number of ether oxygens (including phenoxy) is 2. The Morgan fingerprint density at radius 3 is 2.95 bits per heavy atom. The van der Waals surface area contributed by atoms with E-state index in [0.717, 1.165) is 5.56 Å². The molecule has 2 N–H and O–H groups in total. The van der Waals surface area contributed by atoms with E-state index in [-0.39, 0.29) is 11.8 Å². The predicted molar refractivity (Wildman–Crippen MR) is 69.9 cm³/mol. The molecule has 112 valence electrons. The zero-order chi connectivity index (χ0) is 14.6. The molecule has 2 atom stereocenters. The summed E-state index contributed by atoms with van der Waals surface area (Å²) < 4.78 is 33.9. The molecule has 0 unspecified atom stereocenters. The summed E-state index contributed by atoms with van der Waals surface area (Å²) in [5.41, 5.74) is -0.0172. The molecule has 1 aliphatic rings. The van der Waals surface area contributed by atoms with Crippen LogP contribution in [-0.4, -0.2) is 37.1 Å². The summed E-state index contributed by atoms with van der Waals surface area (Å²) >= 11 is 0. The summed E-state index contributed by atoms with van der Waals surface area (Å²) in [4.78, 5) is 0. The van der Waals surface area contributed by atoms with Crippen molar-refractivity contribution in [2.75, 3.05) is 19.8 Å². The molecule has 0 amide bonds. The molecule has 0 spiro atoms. The first kappa shape index (κ1) is 15.2. The smallest absolute Gasteiger partial charge is 0.387 e. The van der Waals surface area contributed by atoms with Crippen LogP contribution in [-0.2, 0) is 4.74 Å². The van der Waals surface area contributed by atoms with E-state index in [9.17, 15) is 13.9 Å². The summed E-state index contributed by atoms with van der Waals surface area (Å²) in [6.45, 7) is 0.352. The molecule has 0 saturated carbocycles. The first-order valence-corrected chi connectivity index (χ1v) is 6.57. The van der Waals surface area contributed by atoms with Gasteiger partial charge in [-0.3, -0.25) is 0 Å². The molecule has 1 aromatic carbocycles. The molecule has 1 fully saturated rings. The fraction of sp³-hybridized carbons (Fsp3) is 0.571. The van der Waals surface area contributed by atoms with Crippen LogP contribution in [0.5, 0.6) is 5.75 Å². The topological polar surface area (TPSA) is 50.7 Å². The summed E-state index contributed by atoms with van der Waals surface area (Å²) in [6, 6.07) is 6.46.